The summed E-state index contributed by atoms with van der Waals surface area (Å²) < 4.78 is 43.0. The number of aliphatic imine (C=N–C) groups is 1. The van der Waals surface area contributed by atoms with Crippen molar-refractivity contribution >= 4 is 18.1 Å². The summed E-state index contributed by atoms with van der Waals surface area (Å²) in [5.41, 5.74) is -0.349. The number of aliphatic hydroxyl groups is 1. The molecule has 0 saturated carbocycles. The van der Waals surface area contributed by atoms with Gasteiger partial charge in [0, 0.05) is 74.7 Å². The maximum atomic E-state index is 14.0. The lowest BCUT2D eigenvalue weighted by Crippen LogP contribution is -2.49. The van der Waals surface area contributed by atoms with Crippen LogP contribution in [0.15, 0.2) is 66.3 Å². The summed E-state index contributed by atoms with van der Waals surface area (Å²) in [7, 11) is 1.85. The number of piperazine rings is 1. The zero-order valence-electron chi connectivity index (χ0n) is 21.0. The van der Waals surface area contributed by atoms with E-state index in [0.29, 0.717) is 38.0 Å². The quantitative estimate of drug-likeness (QED) is 0.246. The van der Waals surface area contributed by atoms with Gasteiger partial charge in [-0.1, -0.05) is 12.1 Å². The Bertz CT molecular complexity index is 1460. The molecule has 3 N–H and O–H groups in total. The summed E-state index contributed by atoms with van der Waals surface area (Å²) in [6, 6.07) is 6.22. The Labute approximate surface area is 222 Å². The molecule has 0 spiro atoms. The molecule has 0 aliphatic carbocycles. The molecule has 0 radical (unpaired) electrons. The first-order valence-corrected chi connectivity index (χ1v) is 12.1. The number of benzene rings is 1. The zero-order chi connectivity index (χ0) is 27.6. The Morgan fingerprint density at radius 1 is 1.08 bits per heavy atom. The van der Waals surface area contributed by atoms with E-state index in [0.717, 1.165) is 47.4 Å². The Morgan fingerprint density at radius 2 is 1.77 bits per heavy atom. The number of nitrogens with zero attached hydrogens (tertiary/aromatic N) is 7. The molecule has 0 bridgehead atoms. The number of alkyl halides is 2. The molecule has 39 heavy (non-hydrogen) atoms. The van der Waals surface area contributed by atoms with E-state index in [1.54, 1.807) is 10.9 Å². The van der Waals surface area contributed by atoms with Crippen molar-refractivity contribution < 1.29 is 18.3 Å². The molecule has 1 aliphatic rings. The predicted molar refractivity (Wildman–Crippen MR) is 140 cm³/mol. The SMILES string of the molecule is Cn1cc(-c2c[nH]c(C(=NC=N)N3CCN(c4ncc([C@](O)(c5ccc(F)cc5)C(F)F)cn4)CC3)c2)cn1. The van der Waals surface area contributed by atoms with Crippen molar-refractivity contribution in [3.63, 3.8) is 0 Å². The van der Waals surface area contributed by atoms with Crippen LogP contribution in [0.5, 0.6) is 0 Å². The molecule has 1 fully saturated rings. The van der Waals surface area contributed by atoms with Crippen molar-refractivity contribution in [2.75, 3.05) is 31.1 Å². The second-order valence-corrected chi connectivity index (χ2v) is 9.11. The summed E-state index contributed by atoms with van der Waals surface area (Å²) in [6.07, 6.45) is 5.71. The van der Waals surface area contributed by atoms with E-state index in [4.69, 9.17) is 5.41 Å². The van der Waals surface area contributed by atoms with Crippen LogP contribution < -0.4 is 4.90 Å². The van der Waals surface area contributed by atoms with Crippen molar-refractivity contribution in [1.82, 2.24) is 29.6 Å². The van der Waals surface area contributed by atoms with Crippen LogP contribution in [-0.4, -0.2) is 79.5 Å². The van der Waals surface area contributed by atoms with Crippen molar-refractivity contribution in [3.8, 4) is 11.1 Å². The van der Waals surface area contributed by atoms with E-state index in [9.17, 15) is 18.3 Å². The fourth-order valence-electron chi connectivity index (χ4n) is 4.57. The molecule has 1 aromatic carbocycles. The molecule has 202 valence electrons. The highest BCUT2D eigenvalue weighted by atomic mass is 19.3. The second-order valence-electron chi connectivity index (χ2n) is 9.11. The lowest BCUT2D eigenvalue weighted by molar-refractivity contribution is -0.0722. The average Bonchev–Trinajstić information content (AvgIpc) is 3.61. The van der Waals surface area contributed by atoms with E-state index in [-0.39, 0.29) is 11.1 Å². The Hall–Kier alpha value is -4.52. The molecule has 1 atom stereocenters. The molecule has 0 amide bonds. The van der Waals surface area contributed by atoms with Gasteiger partial charge in [0.1, 0.15) is 12.2 Å². The fourth-order valence-corrected chi connectivity index (χ4v) is 4.57. The monoisotopic (exact) mass is 537 g/mol. The summed E-state index contributed by atoms with van der Waals surface area (Å²) in [5.74, 6) is 0.357. The molecule has 1 saturated heterocycles. The van der Waals surface area contributed by atoms with E-state index < -0.39 is 17.8 Å². The van der Waals surface area contributed by atoms with E-state index in [2.05, 4.69) is 25.0 Å². The number of aromatic amines is 1. The Morgan fingerprint density at radius 3 is 2.36 bits per heavy atom. The molecule has 10 nitrogen and oxygen atoms in total. The van der Waals surface area contributed by atoms with Crippen molar-refractivity contribution in [1.29, 1.82) is 5.41 Å². The van der Waals surface area contributed by atoms with Gasteiger partial charge in [-0.25, -0.2) is 28.1 Å². The normalized spacial score (nSPS) is 16.0. The Kier molecular flexibility index (Phi) is 7.15. The third-order valence-electron chi connectivity index (χ3n) is 6.69. The molecule has 0 unspecified atom stereocenters. The van der Waals surface area contributed by atoms with Crippen molar-refractivity contribution in [2.45, 2.75) is 12.0 Å². The zero-order valence-corrected chi connectivity index (χ0v) is 21.0. The van der Waals surface area contributed by atoms with Gasteiger partial charge in [-0.3, -0.25) is 10.1 Å². The first kappa shape index (κ1) is 26.1. The van der Waals surface area contributed by atoms with Gasteiger partial charge in [-0.15, -0.1) is 0 Å². The number of rotatable bonds is 7. The van der Waals surface area contributed by atoms with Crippen molar-refractivity contribution in [2.24, 2.45) is 12.0 Å². The van der Waals surface area contributed by atoms with Gasteiger partial charge in [-0.2, -0.15) is 5.10 Å². The number of hydrogen-bond acceptors (Lipinski definition) is 6. The number of hydrogen-bond donors (Lipinski definition) is 3. The minimum atomic E-state index is -3.18. The van der Waals surface area contributed by atoms with Crippen LogP contribution in [0.1, 0.15) is 16.8 Å². The smallest absolute Gasteiger partial charge is 0.275 e. The largest absolute Gasteiger partial charge is 0.375 e. The van der Waals surface area contributed by atoms with E-state index in [1.165, 1.54) is 12.4 Å². The number of halogens is 3. The number of H-pyrrole nitrogens is 1. The first-order valence-electron chi connectivity index (χ1n) is 12.1. The summed E-state index contributed by atoms with van der Waals surface area (Å²) in [4.78, 5) is 19.9. The summed E-state index contributed by atoms with van der Waals surface area (Å²) in [5, 5.41) is 22.6. The van der Waals surface area contributed by atoms with Gasteiger partial charge < -0.3 is 19.9 Å². The molecule has 3 aromatic heterocycles. The fraction of sp³-hybridized carbons (Fsp3) is 0.269. The maximum absolute atomic E-state index is 14.0. The van der Waals surface area contributed by atoms with Crippen LogP contribution in [0.4, 0.5) is 19.1 Å². The molecular formula is C26H26F3N9O. The number of aromatic nitrogens is 5. The highest BCUT2D eigenvalue weighted by Crippen LogP contribution is 2.35. The number of amidine groups is 1. The van der Waals surface area contributed by atoms with Crippen molar-refractivity contribution in [3.05, 3.63) is 84.0 Å². The second kappa shape index (κ2) is 10.7. The van der Waals surface area contributed by atoms with Gasteiger partial charge >= 0.3 is 0 Å². The average molecular weight is 538 g/mol. The van der Waals surface area contributed by atoms with Crippen LogP contribution >= 0.6 is 0 Å². The summed E-state index contributed by atoms with van der Waals surface area (Å²) in [6.45, 7) is 2.14. The first-order chi connectivity index (χ1) is 18.8. The molecule has 5 rings (SSSR count). The Balaban J connectivity index is 1.29. The molecule has 1 aliphatic heterocycles. The third-order valence-corrected chi connectivity index (χ3v) is 6.69. The lowest BCUT2D eigenvalue weighted by atomic mass is 9.88. The van der Waals surface area contributed by atoms with Gasteiger partial charge in [-0.05, 0) is 23.8 Å². The van der Waals surface area contributed by atoms with Gasteiger partial charge in [0.15, 0.2) is 11.4 Å². The van der Waals surface area contributed by atoms with Gasteiger partial charge in [0.2, 0.25) is 5.95 Å². The predicted octanol–water partition coefficient (Wildman–Crippen LogP) is 3.02. The third kappa shape index (κ3) is 5.12. The number of nitrogens with one attached hydrogen (secondary N) is 2. The standard InChI is InChI=1S/C26H26F3N9O/c1-36-15-18(12-35-36)17-10-22(31-11-17)23(34-16-30)37-6-8-38(9-7-37)25-32-13-20(14-33-25)26(39,24(28)29)19-2-4-21(27)5-3-19/h2-5,10-16,24,30-31,39H,6-9H2,1H3/t26-/m1/s1. The number of aryl methyl sites for hydroxylation is 1. The minimum absolute atomic E-state index is 0.155. The maximum Gasteiger partial charge on any atom is 0.275 e. The molecule has 4 heterocycles. The van der Waals surface area contributed by atoms with Crippen LogP contribution in [0.3, 0.4) is 0 Å². The van der Waals surface area contributed by atoms with Crippen LogP contribution in [0, 0.1) is 11.2 Å². The minimum Gasteiger partial charge on any atom is -0.375 e. The highest BCUT2D eigenvalue weighted by molar-refractivity contribution is 6.01. The van der Waals surface area contributed by atoms with Gasteiger partial charge in [0.25, 0.3) is 6.43 Å². The number of anilines is 1. The summed E-state index contributed by atoms with van der Waals surface area (Å²) >= 11 is 0. The molecule has 13 heteroatoms. The molecular weight excluding hydrogens is 511 g/mol. The topological polar surface area (TPSA) is 122 Å². The van der Waals surface area contributed by atoms with Crippen LogP contribution in [-0.2, 0) is 12.6 Å². The van der Waals surface area contributed by atoms with Crippen LogP contribution in [0.25, 0.3) is 11.1 Å². The highest BCUT2D eigenvalue weighted by Gasteiger charge is 2.42. The van der Waals surface area contributed by atoms with E-state index >= 15 is 0 Å². The van der Waals surface area contributed by atoms with E-state index in [1.807, 2.05) is 35.3 Å². The molecule has 4 aromatic rings. The lowest BCUT2D eigenvalue weighted by Gasteiger charge is -2.36. The van der Waals surface area contributed by atoms with Crippen LogP contribution in [0.2, 0.25) is 0 Å². The van der Waals surface area contributed by atoms with Gasteiger partial charge in [0.05, 0.1) is 11.9 Å².